The van der Waals surface area contributed by atoms with Gasteiger partial charge in [0, 0.05) is 43.2 Å². The van der Waals surface area contributed by atoms with Crippen molar-refractivity contribution in [3.05, 3.63) is 71.7 Å². The summed E-state index contributed by atoms with van der Waals surface area (Å²) in [6.45, 7) is 2.96. The van der Waals surface area contributed by atoms with Gasteiger partial charge in [-0.3, -0.25) is 4.68 Å². The minimum atomic E-state index is 0.122. The minimum Gasteiger partial charge on any atom is -0.396 e. The predicted molar refractivity (Wildman–Crippen MR) is 121 cm³/mol. The molecular weight excluding hydrogens is 388 g/mol. The summed E-state index contributed by atoms with van der Waals surface area (Å²) < 4.78 is 3.84. The Kier molecular flexibility index (Phi) is 5.03. The Hall–Kier alpha value is -3.45. The van der Waals surface area contributed by atoms with E-state index in [0.717, 1.165) is 52.3 Å². The van der Waals surface area contributed by atoms with Crippen molar-refractivity contribution >= 4 is 5.69 Å². The largest absolute Gasteiger partial charge is 0.396 e. The zero-order valence-electron chi connectivity index (χ0n) is 17.8. The number of fused-ring (bicyclic) bond motifs is 3. The number of benzene rings is 2. The van der Waals surface area contributed by atoms with E-state index in [1.165, 1.54) is 5.56 Å². The molecule has 1 unspecified atom stereocenters. The highest BCUT2D eigenvalue weighted by molar-refractivity contribution is 5.74. The maximum absolute atomic E-state index is 9.30. The lowest BCUT2D eigenvalue weighted by molar-refractivity contribution is 0.299. The van der Waals surface area contributed by atoms with Gasteiger partial charge in [-0.15, -0.1) is 5.10 Å². The van der Waals surface area contributed by atoms with E-state index < -0.39 is 0 Å². The fourth-order valence-electron chi connectivity index (χ4n) is 4.41. The Labute approximate surface area is 181 Å². The van der Waals surface area contributed by atoms with Gasteiger partial charge in [0.15, 0.2) is 0 Å². The van der Waals surface area contributed by atoms with E-state index >= 15 is 0 Å². The third-order valence-corrected chi connectivity index (χ3v) is 5.92. The number of aliphatic hydroxyl groups is 1. The molecule has 3 heterocycles. The van der Waals surface area contributed by atoms with Gasteiger partial charge in [-0.2, -0.15) is 5.10 Å². The molecule has 5 rings (SSSR count). The van der Waals surface area contributed by atoms with E-state index in [1.54, 1.807) is 0 Å². The van der Waals surface area contributed by atoms with Gasteiger partial charge in [0.1, 0.15) is 0 Å². The van der Waals surface area contributed by atoms with Gasteiger partial charge in [-0.25, -0.2) is 4.68 Å². The molecule has 0 saturated heterocycles. The van der Waals surface area contributed by atoms with Crippen molar-refractivity contribution in [1.82, 2.24) is 24.8 Å². The van der Waals surface area contributed by atoms with Crippen LogP contribution in [0.1, 0.15) is 29.3 Å². The minimum absolute atomic E-state index is 0.122. The van der Waals surface area contributed by atoms with Crippen molar-refractivity contribution in [2.24, 2.45) is 7.05 Å². The summed E-state index contributed by atoms with van der Waals surface area (Å²) in [6.07, 6.45) is 5.48. The number of aliphatic hydroxyl groups excluding tert-OH is 1. The number of aryl methyl sites for hydroxylation is 3. The molecule has 31 heavy (non-hydrogen) atoms. The van der Waals surface area contributed by atoms with E-state index in [2.05, 4.69) is 51.1 Å². The van der Waals surface area contributed by atoms with Gasteiger partial charge in [-0.1, -0.05) is 29.5 Å². The standard InChI is InChI=1S/C24H26N6O/c1-16-24-21-7-6-18(19-14-25-29(2)15-19)13-22(21)23(8-10-30(24)28-27-16)26-20-5-3-4-17(12-20)9-11-31/h3-7,12-15,23,26,31H,8-11H2,1-2H3. The van der Waals surface area contributed by atoms with Gasteiger partial charge >= 0.3 is 0 Å². The summed E-state index contributed by atoms with van der Waals surface area (Å²) >= 11 is 0. The van der Waals surface area contributed by atoms with Crippen LogP contribution in [0.4, 0.5) is 5.69 Å². The maximum atomic E-state index is 9.30. The van der Waals surface area contributed by atoms with Gasteiger partial charge < -0.3 is 10.4 Å². The molecule has 0 aliphatic carbocycles. The van der Waals surface area contributed by atoms with Gasteiger partial charge in [0.05, 0.1) is 23.6 Å². The summed E-state index contributed by atoms with van der Waals surface area (Å²) in [5, 5.41) is 26.1. The molecule has 0 spiro atoms. The molecule has 2 aromatic heterocycles. The lowest BCUT2D eigenvalue weighted by atomic mass is 9.93. The average Bonchev–Trinajstić information content (AvgIpc) is 3.32. The monoisotopic (exact) mass is 414 g/mol. The molecule has 158 valence electrons. The smallest absolute Gasteiger partial charge is 0.0918 e. The van der Waals surface area contributed by atoms with Crippen molar-refractivity contribution < 1.29 is 5.11 Å². The van der Waals surface area contributed by atoms with Crippen molar-refractivity contribution in [2.75, 3.05) is 11.9 Å². The third kappa shape index (κ3) is 3.72. The molecule has 0 radical (unpaired) electrons. The predicted octanol–water partition coefficient (Wildman–Crippen LogP) is 3.75. The number of hydrogen-bond acceptors (Lipinski definition) is 5. The van der Waals surface area contributed by atoms with Crippen molar-refractivity contribution in [1.29, 1.82) is 0 Å². The molecule has 0 saturated carbocycles. The zero-order chi connectivity index (χ0) is 21.4. The first kappa shape index (κ1) is 19.5. The van der Waals surface area contributed by atoms with E-state index in [4.69, 9.17) is 0 Å². The highest BCUT2D eigenvalue weighted by atomic mass is 16.2. The van der Waals surface area contributed by atoms with Crippen LogP contribution >= 0.6 is 0 Å². The fourth-order valence-corrected chi connectivity index (χ4v) is 4.41. The van der Waals surface area contributed by atoms with E-state index in [9.17, 15) is 5.11 Å². The lowest BCUT2D eigenvalue weighted by Gasteiger charge is -2.21. The molecule has 0 amide bonds. The second-order valence-corrected chi connectivity index (χ2v) is 8.11. The van der Waals surface area contributed by atoms with Crippen LogP contribution in [-0.4, -0.2) is 36.5 Å². The Bertz CT molecular complexity index is 1220. The van der Waals surface area contributed by atoms with E-state index in [0.29, 0.717) is 6.42 Å². The Morgan fingerprint density at radius 1 is 1.16 bits per heavy atom. The highest BCUT2D eigenvalue weighted by Gasteiger charge is 2.26. The van der Waals surface area contributed by atoms with Gasteiger partial charge in [-0.05, 0) is 54.7 Å². The number of hydrogen-bond donors (Lipinski definition) is 2. The fraction of sp³-hybridized carbons (Fsp3) is 0.292. The normalized spacial score (nSPS) is 15.3. The lowest BCUT2D eigenvalue weighted by Crippen LogP contribution is -2.13. The second-order valence-electron chi connectivity index (χ2n) is 8.11. The molecule has 1 aliphatic rings. The van der Waals surface area contributed by atoms with Crippen LogP contribution in [0, 0.1) is 6.92 Å². The summed E-state index contributed by atoms with van der Waals surface area (Å²) in [5.41, 5.74) is 8.86. The topological polar surface area (TPSA) is 80.8 Å². The quantitative estimate of drug-likeness (QED) is 0.520. The number of nitrogens with one attached hydrogen (secondary N) is 1. The van der Waals surface area contributed by atoms with E-state index in [1.807, 2.05) is 47.9 Å². The first-order valence-corrected chi connectivity index (χ1v) is 10.6. The molecule has 7 nitrogen and oxygen atoms in total. The average molecular weight is 415 g/mol. The molecule has 0 bridgehead atoms. The molecule has 1 atom stereocenters. The van der Waals surface area contributed by atoms with Crippen LogP contribution < -0.4 is 5.32 Å². The Morgan fingerprint density at radius 3 is 2.87 bits per heavy atom. The molecule has 2 N–H and O–H groups in total. The zero-order valence-corrected chi connectivity index (χ0v) is 17.8. The Morgan fingerprint density at radius 2 is 2.06 bits per heavy atom. The molecule has 0 fully saturated rings. The van der Waals surface area contributed by atoms with Crippen LogP contribution in [0.5, 0.6) is 0 Å². The molecule has 7 heteroatoms. The van der Waals surface area contributed by atoms with Gasteiger partial charge in [0.2, 0.25) is 0 Å². The molecule has 4 aromatic rings. The molecule has 1 aliphatic heterocycles. The number of rotatable bonds is 5. The van der Waals surface area contributed by atoms with Crippen LogP contribution in [0.2, 0.25) is 0 Å². The van der Waals surface area contributed by atoms with Crippen LogP contribution in [0.25, 0.3) is 22.4 Å². The summed E-state index contributed by atoms with van der Waals surface area (Å²) in [4.78, 5) is 0. The SMILES string of the molecule is Cc1nnn2c1-c1ccc(-c3cnn(C)c3)cc1C(Nc1cccc(CCO)c1)CC2. The number of aromatic nitrogens is 5. The van der Waals surface area contributed by atoms with Crippen LogP contribution in [0.15, 0.2) is 54.9 Å². The van der Waals surface area contributed by atoms with E-state index in [-0.39, 0.29) is 12.6 Å². The van der Waals surface area contributed by atoms with Gasteiger partial charge in [0.25, 0.3) is 0 Å². The first-order valence-electron chi connectivity index (χ1n) is 10.6. The summed E-state index contributed by atoms with van der Waals surface area (Å²) in [6, 6.07) is 15.0. The Balaban J connectivity index is 1.59. The number of anilines is 1. The van der Waals surface area contributed by atoms with Crippen LogP contribution in [-0.2, 0) is 20.0 Å². The summed E-state index contributed by atoms with van der Waals surface area (Å²) in [7, 11) is 1.93. The maximum Gasteiger partial charge on any atom is 0.0918 e. The third-order valence-electron chi connectivity index (χ3n) is 5.92. The van der Waals surface area contributed by atoms with Crippen LogP contribution in [0.3, 0.4) is 0 Å². The van der Waals surface area contributed by atoms with Crippen molar-refractivity contribution in [3.63, 3.8) is 0 Å². The molecular formula is C24H26N6O. The first-order chi connectivity index (χ1) is 15.1. The second kappa shape index (κ2) is 8.00. The van der Waals surface area contributed by atoms with Crippen molar-refractivity contribution in [2.45, 2.75) is 32.4 Å². The highest BCUT2D eigenvalue weighted by Crippen LogP contribution is 2.39. The molecule has 2 aromatic carbocycles. The summed E-state index contributed by atoms with van der Waals surface area (Å²) in [5.74, 6) is 0. The number of nitrogens with zero attached hydrogens (tertiary/aromatic N) is 5. The van der Waals surface area contributed by atoms with Crippen molar-refractivity contribution in [3.8, 4) is 22.4 Å².